The first kappa shape index (κ1) is 52.8. The van der Waals surface area contributed by atoms with Gasteiger partial charge < -0.3 is 19.3 Å². The molecule has 1 heterocycles. The van der Waals surface area contributed by atoms with Crippen LogP contribution in [-0.4, -0.2) is 37.9 Å². The molecule has 2 aromatic carbocycles. The lowest BCUT2D eigenvalue weighted by Crippen LogP contribution is -2.32. The summed E-state index contributed by atoms with van der Waals surface area (Å²) in [6.07, 6.45) is 17.5. The van der Waals surface area contributed by atoms with Crippen molar-refractivity contribution < 1.29 is 64.7 Å². The maximum atomic E-state index is 14.0. The fourth-order valence-corrected chi connectivity index (χ4v) is 10.6. The number of ether oxygens (including phenoxy) is 2. The first-order valence-electron chi connectivity index (χ1n) is 21.7. The van der Waals surface area contributed by atoms with E-state index >= 15 is 0 Å². The second kappa shape index (κ2) is 26.4. The van der Waals surface area contributed by atoms with E-state index in [1.54, 1.807) is 12.2 Å². The maximum absolute atomic E-state index is 14.0. The van der Waals surface area contributed by atoms with Crippen LogP contribution in [0.4, 0.5) is 0 Å². The van der Waals surface area contributed by atoms with Crippen molar-refractivity contribution in [3.63, 3.8) is 0 Å². The Bertz CT molecular complexity index is 2160. The van der Waals surface area contributed by atoms with Gasteiger partial charge in [0.05, 0.1) is 25.9 Å². The Kier molecular flexibility index (Phi) is 21.8. The molecule has 21 heteroatoms. The Hall–Kier alpha value is -3.79. The summed E-state index contributed by atoms with van der Waals surface area (Å²) < 4.78 is 77.3. The van der Waals surface area contributed by atoms with Gasteiger partial charge in [-0.2, -0.15) is 8.62 Å². The number of H-pyrrole nitrogens is 1. The van der Waals surface area contributed by atoms with Crippen LogP contribution in [-0.2, 0) is 58.7 Å². The van der Waals surface area contributed by atoms with Gasteiger partial charge in [-0.25, -0.2) is 18.5 Å². The number of hydrogen-bond donors (Lipinski definition) is 3. The summed E-state index contributed by atoms with van der Waals surface area (Å²) in [5.74, 6) is -0.840. The topological polar surface area (TPSA) is 245 Å². The van der Waals surface area contributed by atoms with Crippen molar-refractivity contribution in [2.45, 2.75) is 136 Å². The van der Waals surface area contributed by atoms with Crippen LogP contribution in [0.1, 0.15) is 133 Å². The molecule has 0 spiro atoms. The zero-order valence-electron chi connectivity index (χ0n) is 36.6. The lowest BCUT2D eigenvalue weighted by Gasteiger charge is -2.22. The fourth-order valence-electron chi connectivity index (χ4n) is 6.56. The molecule has 18 nitrogen and oxygen atoms in total. The van der Waals surface area contributed by atoms with Gasteiger partial charge in [-0.3, -0.25) is 37.5 Å². The number of aryl methyl sites for hydroxylation is 1. The van der Waals surface area contributed by atoms with E-state index in [4.69, 9.17) is 27.4 Å². The molecule has 64 heavy (non-hydrogen) atoms. The van der Waals surface area contributed by atoms with Crippen molar-refractivity contribution in [1.29, 1.82) is 0 Å². The monoisotopic (exact) mass is 954 g/mol. The first-order chi connectivity index (χ1) is 30.5. The number of phosphoric ester groups is 2. The number of aromatic amines is 1. The first-order valence-corrected chi connectivity index (χ1v) is 26.2. The molecule has 0 saturated carbocycles. The molecule has 0 fully saturated rings. The van der Waals surface area contributed by atoms with Gasteiger partial charge in [-0.05, 0) is 61.6 Å². The summed E-state index contributed by atoms with van der Waals surface area (Å²) in [6, 6.07) is 11.4. The number of nitrogens with zero attached hydrogens (tertiary/aromatic N) is 1. The molecule has 2 unspecified atom stereocenters. The number of esters is 2. The van der Waals surface area contributed by atoms with Crippen molar-refractivity contribution in [3.8, 4) is 11.5 Å². The van der Waals surface area contributed by atoms with Gasteiger partial charge in [-0.1, -0.05) is 114 Å². The highest BCUT2D eigenvalue weighted by Crippen LogP contribution is 2.69. The van der Waals surface area contributed by atoms with E-state index < -0.39 is 78.4 Å². The van der Waals surface area contributed by atoms with Crippen molar-refractivity contribution in [3.05, 3.63) is 104 Å². The molecule has 0 amide bonds. The van der Waals surface area contributed by atoms with E-state index in [0.29, 0.717) is 29.5 Å². The molecule has 4 atom stereocenters. The summed E-state index contributed by atoms with van der Waals surface area (Å²) in [6.45, 7) is 4.23. The van der Waals surface area contributed by atoms with Crippen LogP contribution < -0.4 is 20.7 Å². The summed E-state index contributed by atoms with van der Waals surface area (Å²) >= 11 is 0. The van der Waals surface area contributed by atoms with E-state index in [1.165, 1.54) is 66.2 Å². The number of phosphoric acid groups is 3. The average molecular weight is 955 g/mol. The summed E-state index contributed by atoms with van der Waals surface area (Å²) in [4.78, 5) is 72.0. The second-order valence-electron chi connectivity index (χ2n) is 15.6. The molecule has 3 aromatic rings. The average Bonchev–Trinajstić information content (AvgIpc) is 3.72. The molecule has 4 rings (SSSR count). The van der Waals surface area contributed by atoms with Crippen molar-refractivity contribution >= 4 is 35.4 Å². The number of aromatic nitrogens is 2. The van der Waals surface area contributed by atoms with Crippen molar-refractivity contribution in [2.75, 3.05) is 6.61 Å². The third kappa shape index (κ3) is 19.4. The third-order valence-electron chi connectivity index (χ3n) is 10.1. The van der Waals surface area contributed by atoms with Gasteiger partial charge in [-0.15, -0.1) is 0 Å². The highest BCUT2D eigenvalue weighted by molar-refractivity contribution is 7.67. The van der Waals surface area contributed by atoms with E-state index in [2.05, 4.69) is 23.1 Å². The molecular weight excluding hydrogens is 893 g/mol. The van der Waals surface area contributed by atoms with Crippen molar-refractivity contribution in [2.24, 2.45) is 5.92 Å². The summed E-state index contributed by atoms with van der Waals surface area (Å²) in [5.41, 5.74) is -0.182. The summed E-state index contributed by atoms with van der Waals surface area (Å²) in [7, 11) is -16.3. The number of benzene rings is 2. The quantitative estimate of drug-likeness (QED) is 0.0185. The van der Waals surface area contributed by atoms with Crippen LogP contribution in [0.15, 0.2) is 76.5 Å². The Balaban J connectivity index is 1.36. The Morgan fingerprint density at radius 3 is 1.66 bits per heavy atom. The molecule has 1 aliphatic rings. The minimum absolute atomic E-state index is 0.209. The molecular formula is C43H61N2O16P3. The smallest absolute Gasteiger partial charge is 0.427 e. The predicted octanol–water partition coefficient (Wildman–Crippen LogP) is 10.1. The number of nitrogens with one attached hydrogen (secondary N) is 1. The van der Waals surface area contributed by atoms with Gasteiger partial charge in [0.1, 0.15) is 11.5 Å². The molecule has 0 bridgehead atoms. The van der Waals surface area contributed by atoms with Crippen LogP contribution in [0.25, 0.3) is 0 Å². The minimum Gasteiger partial charge on any atom is -0.427 e. The number of carbonyl (C=O) groups excluding carboxylic acids is 2. The lowest BCUT2D eigenvalue weighted by molar-refractivity contribution is -0.135. The number of hydrogen-bond acceptors (Lipinski definition) is 14. The largest absolute Gasteiger partial charge is 0.490 e. The van der Waals surface area contributed by atoms with Crippen LogP contribution in [0.5, 0.6) is 11.5 Å². The van der Waals surface area contributed by atoms with Gasteiger partial charge in [0, 0.05) is 30.5 Å². The highest BCUT2D eigenvalue weighted by atomic mass is 31.3. The predicted molar refractivity (Wildman–Crippen MR) is 237 cm³/mol. The molecule has 1 aliphatic carbocycles. The Morgan fingerprint density at radius 1 is 0.672 bits per heavy atom. The Labute approximate surface area is 373 Å². The lowest BCUT2D eigenvalue weighted by atomic mass is 10.1. The van der Waals surface area contributed by atoms with Gasteiger partial charge in [0.15, 0.2) is 0 Å². The number of unbranched alkanes of at least 4 members (excludes halogenated alkanes) is 10. The van der Waals surface area contributed by atoms with Crippen molar-refractivity contribution in [1.82, 2.24) is 9.55 Å². The SMILES string of the molecule is CCCCCCCCC(=O)Oc1ccc(COP(=O)(OCc2ccc(OC(=O)CCCCCCCC)cc2)OP(=O)(O)OP(=O)(O)OC[C@@H]2C=C[C@H](n3cc(C)c(=O)[nH]c3=O)C2)cc1. The highest BCUT2D eigenvalue weighted by Gasteiger charge is 2.44. The normalized spacial score (nSPS) is 16.9. The maximum Gasteiger partial charge on any atom is 0.490 e. The fraction of sp³-hybridized carbons (Fsp3) is 0.535. The number of allylic oxidation sites excluding steroid dienone is 1. The zero-order chi connectivity index (χ0) is 46.6. The van der Waals surface area contributed by atoms with Gasteiger partial charge in [0.2, 0.25) is 0 Å². The molecule has 1 aromatic heterocycles. The molecule has 354 valence electrons. The third-order valence-corrected chi connectivity index (χ3v) is 14.7. The van der Waals surface area contributed by atoms with Crippen LogP contribution in [0.2, 0.25) is 0 Å². The Morgan fingerprint density at radius 2 is 1.16 bits per heavy atom. The van der Waals surface area contributed by atoms with E-state index in [-0.39, 0.29) is 30.8 Å². The van der Waals surface area contributed by atoms with E-state index in [9.17, 15) is 42.7 Å². The molecule has 0 radical (unpaired) electrons. The minimum atomic E-state index is -5.76. The molecule has 3 N–H and O–H groups in total. The van der Waals surface area contributed by atoms with E-state index in [0.717, 1.165) is 64.2 Å². The van der Waals surface area contributed by atoms with Gasteiger partial charge >= 0.3 is 41.1 Å². The molecule has 0 saturated heterocycles. The number of carbonyl (C=O) groups is 2. The van der Waals surface area contributed by atoms with Crippen LogP contribution in [0, 0.1) is 12.8 Å². The summed E-state index contributed by atoms with van der Waals surface area (Å²) in [5, 5.41) is 0. The standard InChI is InChI=1S/C43H61N2O16P3/c1-4-6-8-10-12-14-16-40(46)58-38-24-19-34(20-25-38)30-56-64(54,57-31-35-21-26-39(27-22-35)59-41(47)17-15-13-11-9-7-5-2)61-63(52,53)60-62(50,51)55-32-36-18-23-37(28-36)45-29-33(3)42(48)44-43(45)49/h18-27,29,36-37H,4-17,28,30-32H2,1-3H3,(H,50,51)(H,52,53)(H,44,48,49)/t36-,37+/m1/s1. The van der Waals surface area contributed by atoms with Crippen LogP contribution in [0.3, 0.4) is 0 Å². The van der Waals surface area contributed by atoms with E-state index in [1.807, 2.05) is 0 Å². The van der Waals surface area contributed by atoms with Gasteiger partial charge in [0.25, 0.3) is 5.56 Å². The van der Waals surface area contributed by atoms with Crippen LogP contribution >= 0.6 is 23.5 Å². The second-order valence-corrected chi connectivity index (χ2v) is 20.4. The number of rotatable bonds is 30. The zero-order valence-corrected chi connectivity index (χ0v) is 39.3. The molecule has 0 aliphatic heterocycles.